The van der Waals surface area contributed by atoms with Gasteiger partial charge in [-0.15, -0.1) is 0 Å². The largest absolute Gasteiger partial charge is 0.346 e. The minimum atomic E-state index is -0.239. The normalized spacial score (nSPS) is 14.4. The second kappa shape index (κ2) is 2.22. The zero-order chi connectivity index (χ0) is 9.71. The van der Waals surface area contributed by atoms with Crippen LogP contribution >= 0.6 is 0 Å². The molecule has 0 radical (unpaired) electrons. The van der Waals surface area contributed by atoms with Crippen LogP contribution in [0.15, 0.2) is 17.1 Å². The summed E-state index contributed by atoms with van der Waals surface area (Å²) >= 11 is 0. The van der Waals surface area contributed by atoms with E-state index in [1.165, 1.54) is 10.7 Å². The summed E-state index contributed by atoms with van der Waals surface area (Å²) in [6.45, 7) is 0.277. The Balaban J connectivity index is 2.53. The highest BCUT2D eigenvalue weighted by Crippen LogP contribution is 2.09. The van der Waals surface area contributed by atoms with Gasteiger partial charge < -0.3 is 10.3 Å². The number of nitrogens with zero attached hydrogens (tertiary/aromatic N) is 2. The van der Waals surface area contributed by atoms with Crippen molar-refractivity contribution in [2.75, 3.05) is 0 Å². The van der Waals surface area contributed by atoms with E-state index in [1.807, 2.05) is 0 Å². The Hall–Kier alpha value is -2.11. The van der Waals surface area contributed by atoms with Crippen LogP contribution in [0.3, 0.4) is 0 Å². The topological polar surface area (TPSA) is 79.3 Å². The number of carbonyl (C=O) groups is 1. The van der Waals surface area contributed by atoms with Gasteiger partial charge in [-0.3, -0.25) is 9.59 Å². The van der Waals surface area contributed by atoms with Gasteiger partial charge in [0.15, 0.2) is 0 Å². The van der Waals surface area contributed by atoms with Crippen molar-refractivity contribution < 1.29 is 4.79 Å². The maximum Gasteiger partial charge on any atom is 0.280 e. The summed E-state index contributed by atoms with van der Waals surface area (Å²) in [5.41, 5.74) is 1.09. The van der Waals surface area contributed by atoms with Crippen LogP contribution in [0.5, 0.6) is 0 Å². The first-order valence-corrected chi connectivity index (χ1v) is 4.14. The summed E-state index contributed by atoms with van der Waals surface area (Å²) in [5.74, 6) is -0.235. The monoisotopic (exact) mass is 190 g/mol. The maximum atomic E-state index is 11.7. The number of fused-ring (bicyclic) bond motifs is 2. The van der Waals surface area contributed by atoms with E-state index in [9.17, 15) is 9.59 Å². The number of aromatic amines is 1. The Kier molecular flexibility index (Phi) is 1.16. The zero-order valence-electron chi connectivity index (χ0n) is 7.07. The molecule has 6 heteroatoms. The van der Waals surface area contributed by atoms with E-state index in [1.54, 1.807) is 6.07 Å². The first-order chi connectivity index (χ1) is 6.77. The highest BCUT2D eigenvalue weighted by Gasteiger charge is 2.24. The number of hydrogen-bond donors (Lipinski definition) is 2. The molecule has 1 amide bonds. The van der Waals surface area contributed by atoms with Crippen LogP contribution < -0.4 is 10.9 Å². The van der Waals surface area contributed by atoms with Gasteiger partial charge >= 0.3 is 0 Å². The highest BCUT2D eigenvalue weighted by atomic mass is 16.2. The molecule has 70 valence electrons. The van der Waals surface area contributed by atoms with Crippen LogP contribution in [-0.4, -0.2) is 20.5 Å². The van der Waals surface area contributed by atoms with Crippen molar-refractivity contribution >= 4 is 11.6 Å². The number of hydrogen-bond acceptors (Lipinski definition) is 3. The molecule has 2 aromatic heterocycles. The molecule has 2 N–H and O–H groups in total. The molecule has 0 aliphatic carbocycles. The SMILES string of the molecule is O=C1NCc2c1[nH]c1ccnn1c2=O. The van der Waals surface area contributed by atoms with Gasteiger partial charge in [-0.05, 0) is 0 Å². The van der Waals surface area contributed by atoms with Gasteiger partial charge in [-0.25, -0.2) is 0 Å². The van der Waals surface area contributed by atoms with Crippen LogP contribution in [-0.2, 0) is 6.54 Å². The molecular formula is C8H6N4O2. The molecule has 14 heavy (non-hydrogen) atoms. The predicted molar refractivity (Wildman–Crippen MR) is 47.0 cm³/mol. The van der Waals surface area contributed by atoms with Crippen molar-refractivity contribution in [1.29, 1.82) is 0 Å². The Morgan fingerprint density at radius 2 is 2.29 bits per heavy atom. The van der Waals surface area contributed by atoms with Crippen molar-refractivity contribution in [3.8, 4) is 0 Å². The molecule has 6 nitrogen and oxygen atoms in total. The quantitative estimate of drug-likeness (QED) is 0.574. The van der Waals surface area contributed by atoms with Crippen molar-refractivity contribution in [1.82, 2.24) is 19.9 Å². The first kappa shape index (κ1) is 7.31. The van der Waals surface area contributed by atoms with Crippen molar-refractivity contribution in [3.63, 3.8) is 0 Å². The Morgan fingerprint density at radius 3 is 3.14 bits per heavy atom. The molecule has 0 unspecified atom stereocenters. The summed E-state index contributed by atoms with van der Waals surface area (Å²) in [6, 6.07) is 1.65. The van der Waals surface area contributed by atoms with Crippen LogP contribution in [0, 0.1) is 0 Å². The average molecular weight is 190 g/mol. The summed E-state index contributed by atoms with van der Waals surface area (Å²) in [4.78, 5) is 25.9. The molecule has 0 aromatic carbocycles. The fourth-order valence-electron chi connectivity index (χ4n) is 1.61. The minimum Gasteiger partial charge on any atom is -0.346 e. The smallest absolute Gasteiger partial charge is 0.280 e. The number of amides is 1. The molecule has 0 atom stereocenters. The fraction of sp³-hybridized carbons (Fsp3) is 0.125. The second-order valence-corrected chi connectivity index (χ2v) is 3.09. The molecular weight excluding hydrogens is 184 g/mol. The van der Waals surface area contributed by atoms with Crippen LogP contribution in [0.4, 0.5) is 0 Å². The number of H-pyrrole nitrogens is 1. The van der Waals surface area contributed by atoms with E-state index in [-0.39, 0.29) is 18.0 Å². The maximum absolute atomic E-state index is 11.7. The van der Waals surface area contributed by atoms with Crippen molar-refractivity contribution in [3.05, 3.63) is 33.9 Å². The lowest BCUT2D eigenvalue weighted by atomic mass is 10.3. The van der Waals surface area contributed by atoms with E-state index in [0.29, 0.717) is 16.9 Å². The second-order valence-electron chi connectivity index (χ2n) is 3.09. The standard InChI is InChI=1S/C8H6N4O2/c13-7-6-4(3-9-7)8(14)12-5(11-6)1-2-10-12/h1-2,11H,3H2,(H,9,13). The van der Waals surface area contributed by atoms with E-state index in [0.717, 1.165) is 0 Å². The highest BCUT2D eigenvalue weighted by molar-refractivity contribution is 5.96. The van der Waals surface area contributed by atoms with Gasteiger partial charge in [-0.1, -0.05) is 0 Å². The lowest BCUT2D eigenvalue weighted by molar-refractivity contribution is 0.0961. The summed E-state index contributed by atoms with van der Waals surface area (Å²) in [7, 11) is 0. The summed E-state index contributed by atoms with van der Waals surface area (Å²) < 4.78 is 1.25. The number of carbonyl (C=O) groups excluding carboxylic acids is 1. The lowest BCUT2D eigenvalue weighted by Crippen LogP contribution is -2.20. The molecule has 1 aliphatic rings. The average Bonchev–Trinajstić information content (AvgIpc) is 2.75. The lowest BCUT2D eigenvalue weighted by Gasteiger charge is -1.97. The summed E-state index contributed by atoms with van der Waals surface area (Å²) in [5, 5.41) is 6.43. The van der Waals surface area contributed by atoms with E-state index in [4.69, 9.17) is 0 Å². The molecule has 0 saturated heterocycles. The molecule has 0 bridgehead atoms. The predicted octanol–water partition coefficient (Wildman–Crippen LogP) is -0.734. The Labute approximate surface area is 77.6 Å². The third-order valence-electron chi connectivity index (χ3n) is 2.30. The number of aromatic nitrogens is 3. The summed E-state index contributed by atoms with van der Waals surface area (Å²) in [6.07, 6.45) is 1.51. The Bertz CT molecular complexity index is 595. The van der Waals surface area contributed by atoms with Crippen LogP contribution in [0.2, 0.25) is 0 Å². The molecule has 0 saturated carbocycles. The van der Waals surface area contributed by atoms with Gasteiger partial charge in [0.1, 0.15) is 11.3 Å². The van der Waals surface area contributed by atoms with Crippen LogP contribution in [0.25, 0.3) is 5.65 Å². The molecule has 2 aromatic rings. The first-order valence-electron chi connectivity index (χ1n) is 4.14. The van der Waals surface area contributed by atoms with Crippen molar-refractivity contribution in [2.24, 2.45) is 0 Å². The van der Waals surface area contributed by atoms with Gasteiger partial charge in [0.05, 0.1) is 18.3 Å². The molecule has 3 heterocycles. The molecule has 1 aliphatic heterocycles. The van der Waals surface area contributed by atoms with E-state index >= 15 is 0 Å². The van der Waals surface area contributed by atoms with Gasteiger partial charge in [-0.2, -0.15) is 9.61 Å². The van der Waals surface area contributed by atoms with Gasteiger partial charge in [0.2, 0.25) is 0 Å². The van der Waals surface area contributed by atoms with Crippen molar-refractivity contribution in [2.45, 2.75) is 6.54 Å². The number of rotatable bonds is 0. The Morgan fingerprint density at radius 1 is 1.43 bits per heavy atom. The third kappa shape index (κ3) is 0.723. The molecule has 3 rings (SSSR count). The van der Waals surface area contributed by atoms with Gasteiger partial charge in [0.25, 0.3) is 11.5 Å². The fourth-order valence-corrected chi connectivity index (χ4v) is 1.61. The zero-order valence-corrected chi connectivity index (χ0v) is 7.07. The van der Waals surface area contributed by atoms with Crippen LogP contribution in [0.1, 0.15) is 16.1 Å². The minimum absolute atomic E-state index is 0.235. The molecule has 0 fully saturated rings. The van der Waals surface area contributed by atoms with E-state index in [2.05, 4.69) is 15.4 Å². The molecule has 0 spiro atoms. The third-order valence-corrected chi connectivity index (χ3v) is 2.30. The van der Waals surface area contributed by atoms with E-state index < -0.39 is 0 Å². The number of nitrogens with one attached hydrogen (secondary N) is 2. The van der Waals surface area contributed by atoms with Gasteiger partial charge in [0, 0.05) is 6.07 Å².